The number of carbonyl (C=O) groups is 1. The Labute approximate surface area is 161 Å². The Morgan fingerprint density at radius 3 is 2.82 bits per heavy atom. The fourth-order valence-corrected chi connectivity index (χ4v) is 4.50. The predicted octanol–water partition coefficient (Wildman–Crippen LogP) is 2.30. The molecule has 0 unspecified atom stereocenters. The van der Waals surface area contributed by atoms with Gasteiger partial charge in [-0.2, -0.15) is 5.26 Å². The molecule has 0 saturated heterocycles. The molecule has 10 nitrogen and oxygen atoms in total. The number of H-pyrrole nitrogens is 1. The van der Waals surface area contributed by atoms with Crippen LogP contribution in [0, 0.1) is 11.3 Å². The lowest BCUT2D eigenvalue weighted by molar-refractivity contribution is 0.209. The summed E-state index contributed by atoms with van der Waals surface area (Å²) in [5, 5.41) is 12.0. The summed E-state index contributed by atoms with van der Waals surface area (Å²) in [4.78, 5) is 22.0. The first kappa shape index (κ1) is 17.7. The molecule has 4 rings (SSSR count). The second kappa shape index (κ2) is 6.48. The summed E-state index contributed by atoms with van der Waals surface area (Å²) in [6, 6.07) is 7.75. The van der Waals surface area contributed by atoms with Crippen molar-refractivity contribution in [1.29, 1.82) is 5.26 Å². The van der Waals surface area contributed by atoms with E-state index in [4.69, 9.17) is 10.5 Å². The standard InChI is InChI=1S/C16H10N6O4S2/c17-7-8-5-11-10-6-9(28(24,25)22-16-19-3-4-27-16)1-2-12(10)21-13(11)14(20-8)26-15(18)23/h1-6,21H,(H2,18,23)(H,19,22). The van der Waals surface area contributed by atoms with E-state index in [0.717, 1.165) is 11.3 Å². The van der Waals surface area contributed by atoms with Crippen LogP contribution in [0.1, 0.15) is 5.69 Å². The smallest absolute Gasteiger partial charge is 0.389 e. The lowest BCUT2D eigenvalue weighted by Crippen LogP contribution is -2.17. The molecule has 1 aromatic carbocycles. The number of hydrogen-bond donors (Lipinski definition) is 3. The molecule has 0 saturated carbocycles. The monoisotopic (exact) mass is 414 g/mol. The maximum Gasteiger partial charge on any atom is 0.411 e. The Hall–Kier alpha value is -3.69. The van der Waals surface area contributed by atoms with Crippen LogP contribution < -0.4 is 15.2 Å². The first-order chi connectivity index (χ1) is 13.4. The van der Waals surface area contributed by atoms with Crippen LogP contribution in [0.4, 0.5) is 9.93 Å². The molecule has 140 valence electrons. The number of amides is 1. The van der Waals surface area contributed by atoms with Gasteiger partial charge >= 0.3 is 6.09 Å². The number of primary amides is 1. The molecule has 1 amide bonds. The van der Waals surface area contributed by atoms with Gasteiger partial charge in [0, 0.05) is 27.9 Å². The van der Waals surface area contributed by atoms with Crippen LogP contribution >= 0.6 is 11.3 Å². The van der Waals surface area contributed by atoms with Crippen molar-refractivity contribution < 1.29 is 17.9 Å². The minimum absolute atomic E-state index is 0.00351. The van der Waals surface area contributed by atoms with Gasteiger partial charge in [0.15, 0.2) is 5.13 Å². The number of fused-ring (bicyclic) bond motifs is 3. The molecule has 4 aromatic rings. The first-order valence-electron chi connectivity index (χ1n) is 7.63. The number of thiazole rings is 1. The zero-order valence-corrected chi connectivity index (χ0v) is 15.5. The summed E-state index contributed by atoms with van der Waals surface area (Å²) < 4.78 is 32.5. The first-order valence-corrected chi connectivity index (χ1v) is 10.00. The highest BCUT2D eigenvalue weighted by Gasteiger charge is 2.19. The van der Waals surface area contributed by atoms with Gasteiger partial charge in [0.1, 0.15) is 17.3 Å². The van der Waals surface area contributed by atoms with Crippen molar-refractivity contribution in [3.8, 4) is 11.9 Å². The minimum Gasteiger partial charge on any atom is -0.389 e. The van der Waals surface area contributed by atoms with Crippen molar-refractivity contribution in [1.82, 2.24) is 15.0 Å². The fourth-order valence-electron chi connectivity index (χ4n) is 2.69. The number of nitriles is 1. The van der Waals surface area contributed by atoms with Crippen LogP contribution in [0.25, 0.3) is 21.8 Å². The molecule has 3 heterocycles. The summed E-state index contributed by atoms with van der Waals surface area (Å²) in [5.41, 5.74) is 5.92. The van der Waals surface area contributed by atoms with Crippen LogP contribution in [-0.2, 0) is 10.0 Å². The van der Waals surface area contributed by atoms with Crippen molar-refractivity contribution >= 4 is 54.4 Å². The van der Waals surface area contributed by atoms with Crippen molar-refractivity contribution in [3.63, 3.8) is 0 Å². The highest BCUT2D eigenvalue weighted by molar-refractivity contribution is 7.93. The lowest BCUT2D eigenvalue weighted by atomic mass is 10.1. The number of nitrogens with two attached hydrogens (primary N) is 1. The molecule has 4 N–H and O–H groups in total. The van der Waals surface area contributed by atoms with E-state index in [1.54, 1.807) is 11.4 Å². The summed E-state index contributed by atoms with van der Waals surface area (Å²) in [7, 11) is -3.87. The number of aromatic amines is 1. The number of rotatable bonds is 4. The second-order valence-electron chi connectivity index (χ2n) is 5.54. The second-order valence-corrected chi connectivity index (χ2v) is 8.12. The summed E-state index contributed by atoms with van der Waals surface area (Å²) >= 11 is 1.15. The Kier molecular flexibility index (Phi) is 4.10. The SMILES string of the molecule is N#Cc1cc2c([nH]c3ccc(S(=O)(=O)Nc4nccs4)cc32)c(OC(N)=O)n1. The number of ether oxygens (including phenoxy) is 1. The number of pyridine rings is 1. The summed E-state index contributed by atoms with van der Waals surface area (Å²) in [6.45, 7) is 0. The highest BCUT2D eigenvalue weighted by Crippen LogP contribution is 2.33. The summed E-state index contributed by atoms with van der Waals surface area (Å²) in [6.07, 6.45) is 0.403. The topological polar surface area (TPSA) is 164 Å². The Bertz CT molecular complexity index is 1370. The molecule has 0 atom stereocenters. The van der Waals surface area contributed by atoms with Gasteiger partial charge in [-0.3, -0.25) is 4.72 Å². The molecule has 0 spiro atoms. The molecule has 0 aliphatic rings. The van der Waals surface area contributed by atoms with Crippen LogP contribution in [0.2, 0.25) is 0 Å². The maximum atomic E-state index is 12.6. The average Bonchev–Trinajstić information content (AvgIpc) is 3.27. The molecule has 0 aliphatic heterocycles. The number of aromatic nitrogens is 3. The van der Waals surface area contributed by atoms with E-state index in [-0.39, 0.29) is 21.6 Å². The lowest BCUT2D eigenvalue weighted by Gasteiger charge is -2.05. The molecule has 0 fully saturated rings. The van der Waals surface area contributed by atoms with Gasteiger partial charge in [-0.25, -0.2) is 23.2 Å². The van der Waals surface area contributed by atoms with Gasteiger partial charge in [-0.1, -0.05) is 0 Å². The number of nitrogens with one attached hydrogen (secondary N) is 2. The third kappa shape index (κ3) is 3.08. The number of carbonyl (C=O) groups excluding carboxylic acids is 1. The fraction of sp³-hybridized carbons (Fsp3) is 0. The van der Waals surface area contributed by atoms with Crippen LogP contribution in [0.5, 0.6) is 5.88 Å². The Morgan fingerprint density at radius 1 is 1.32 bits per heavy atom. The van der Waals surface area contributed by atoms with Crippen LogP contribution in [0.3, 0.4) is 0 Å². The normalized spacial score (nSPS) is 11.4. The molecular formula is C16H10N6O4S2. The van der Waals surface area contributed by atoms with E-state index < -0.39 is 16.1 Å². The van der Waals surface area contributed by atoms with E-state index >= 15 is 0 Å². The zero-order chi connectivity index (χ0) is 19.9. The van der Waals surface area contributed by atoms with Gasteiger partial charge in [0.2, 0.25) is 5.88 Å². The van der Waals surface area contributed by atoms with Crippen molar-refractivity contribution in [2.75, 3.05) is 4.72 Å². The highest BCUT2D eigenvalue weighted by atomic mass is 32.2. The molecule has 28 heavy (non-hydrogen) atoms. The molecule has 0 radical (unpaired) electrons. The van der Waals surface area contributed by atoms with Gasteiger partial charge in [0.25, 0.3) is 10.0 Å². The largest absolute Gasteiger partial charge is 0.411 e. The van der Waals surface area contributed by atoms with E-state index in [2.05, 4.69) is 19.7 Å². The molecular weight excluding hydrogens is 404 g/mol. The van der Waals surface area contributed by atoms with E-state index in [0.29, 0.717) is 21.8 Å². The van der Waals surface area contributed by atoms with Gasteiger partial charge < -0.3 is 15.5 Å². The Morgan fingerprint density at radius 2 is 2.14 bits per heavy atom. The van der Waals surface area contributed by atoms with Gasteiger partial charge in [-0.15, -0.1) is 11.3 Å². The van der Waals surface area contributed by atoms with Crippen LogP contribution in [-0.4, -0.2) is 29.5 Å². The quantitative estimate of drug-likeness (QED) is 0.461. The Balaban J connectivity index is 1.90. The van der Waals surface area contributed by atoms with Crippen molar-refractivity contribution in [2.24, 2.45) is 5.73 Å². The predicted molar refractivity (Wildman–Crippen MR) is 101 cm³/mol. The number of sulfonamides is 1. The number of benzene rings is 1. The van der Waals surface area contributed by atoms with Gasteiger partial charge in [0.05, 0.1) is 4.90 Å². The van der Waals surface area contributed by atoms with Crippen molar-refractivity contribution in [3.05, 3.63) is 41.5 Å². The molecule has 0 bridgehead atoms. The third-order valence-corrected chi connectivity index (χ3v) is 5.96. The summed E-state index contributed by atoms with van der Waals surface area (Å²) in [5.74, 6) is -0.164. The molecule has 12 heteroatoms. The van der Waals surface area contributed by atoms with Crippen LogP contribution in [0.15, 0.2) is 40.7 Å². The average molecular weight is 414 g/mol. The minimum atomic E-state index is -3.87. The molecule has 3 aromatic heterocycles. The van der Waals surface area contributed by atoms with Gasteiger partial charge in [-0.05, 0) is 24.3 Å². The number of anilines is 1. The van der Waals surface area contributed by atoms with E-state index in [1.165, 1.54) is 24.4 Å². The van der Waals surface area contributed by atoms with E-state index in [9.17, 15) is 18.5 Å². The van der Waals surface area contributed by atoms with E-state index in [1.807, 2.05) is 6.07 Å². The number of nitrogens with zero attached hydrogens (tertiary/aromatic N) is 3. The maximum absolute atomic E-state index is 12.6. The zero-order valence-electron chi connectivity index (χ0n) is 13.8. The molecule has 0 aliphatic carbocycles. The number of hydrogen-bond acceptors (Lipinski definition) is 8. The third-order valence-electron chi connectivity index (χ3n) is 3.80. The van der Waals surface area contributed by atoms with Crippen molar-refractivity contribution in [2.45, 2.75) is 4.90 Å².